The van der Waals surface area contributed by atoms with Crippen molar-refractivity contribution in [2.24, 2.45) is 0 Å². The van der Waals surface area contributed by atoms with E-state index in [9.17, 15) is 9.59 Å². The van der Waals surface area contributed by atoms with E-state index in [4.69, 9.17) is 0 Å². The Morgan fingerprint density at radius 2 is 1.64 bits per heavy atom. The highest BCUT2D eigenvalue weighted by Crippen LogP contribution is 2.31. The monoisotopic (exact) mass is 482 g/mol. The van der Waals surface area contributed by atoms with Crippen molar-refractivity contribution in [2.45, 2.75) is 12.8 Å². The third kappa shape index (κ3) is 3.94. The van der Waals surface area contributed by atoms with Crippen LogP contribution in [0.15, 0.2) is 72.8 Å². The molecule has 3 aromatic rings. The van der Waals surface area contributed by atoms with Crippen LogP contribution in [-0.2, 0) is 6.42 Å². The summed E-state index contributed by atoms with van der Waals surface area (Å²) in [6.07, 6.45) is 1.79. The van der Waals surface area contributed by atoms with E-state index in [1.165, 1.54) is 0 Å². The molecule has 3 aromatic carbocycles. The van der Waals surface area contributed by atoms with E-state index in [0.717, 1.165) is 33.4 Å². The average Bonchev–Trinajstić information content (AvgIpc) is 2.73. The number of hydrogen-bond acceptors (Lipinski definition) is 2. The van der Waals surface area contributed by atoms with Gasteiger partial charge < -0.3 is 10.2 Å². The maximum Gasteiger partial charge on any atom is 0.258 e. The van der Waals surface area contributed by atoms with Gasteiger partial charge in [0.1, 0.15) is 0 Å². The van der Waals surface area contributed by atoms with Gasteiger partial charge in [-0.2, -0.15) is 0 Å². The molecule has 0 saturated carbocycles. The topological polar surface area (TPSA) is 49.4 Å². The molecule has 5 heteroatoms. The molecule has 0 radical (unpaired) electrons. The molecule has 0 aliphatic carbocycles. The second-order valence-electron chi connectivity index (χ2n) is 6.73. The second kappa shape index (κ2) is 8.14. The van der Waals surface area contributed by atoms with Gasteiger partial charge in [-0.15, -0.1) is 0 Å². The summed E-state index contributed by atoms with van der Waals surface area (Å²) < 4.78 is 1.09. The van der Waals surface area contributed by atoms with E-state index in [-0.39, 0.29) is 11.8 Å². The van der Waals surface area contributed by atoms with Crippen molar-refractivity contribution in [2.75, 3.05) is 16.8 Å². The Kier molecular flexibility index (Phi) is 5.43. The van der Waals surface area contributed by atoms with Crippen molar-refractivity contribution in [1.29, 1.82) is 0 Å². The predicted molar refractivity (Wildman–Crippen MR) is 120 cm³/mol. The zero-order valence-corrected chi connectivity index (χ0v) is 17.3. The molecule has 0 unspecified atom stereocenters. The first-order valence-electron chi connectivity index (χ1n) is 9.18. The summed E-state index contributed by atoms with van der Waals surface area (Å²) in [5, 5.41) is 2.96. The molecule has 4 nitrogen and oxygen atoms in total. The van der Waals surface area contributed by atoms with E-state index in [0.29, 0.717) is 17.7 Å². The minimum atomic E-state index is -0.135. The largest absolute Gasteiger partial charge is 0.322 e. The lowest BCUT2D eigenvalue weighted by atomic mass is 10.00. The molecular weight excluding hydrogens is 463 g/mol. The number of amides is 2. The summed E-state index contributed by atoms with van der Waals surface area (Å²) in [5.41, 5.74) is 4.06. The van der Waals surface area contributed by atoms with Crippen LogP contribution in [0.3, 0.4) is 0 Å². The average molecular weight is 482 g/mol. The molecule has 1 heterocycles. The summed E-state index contributed by atoms with van der Waals surface area (Å²) in [6.45, 7) is 0.703. The van der Waals surface area contributed by atoms with Gasteiger partial charge in [0.25, 0.3) is 11.8 Å². The van der Waals surface area contributed by atoms with Gasteiger partial charge in [-0.05, 0) is 95.6 Å². The number of carbonyl (C=O) groups is 2. The second-order valence-corrected chi connectivity index (χ2v) is 7.98. The van der Waals surface area contributed by atoms with Gasteiger partial charge in [0.2, 0.25) is 0 Å². The van der Waals surface area contributed by atoms with Crippen LogP contribution < -0.4 is 10.2 Å². The Labute approximate surface area is 177 Å². The lowest BCUT2D eigenvalue weighted by Crippen LogP contribution is -2.35. The van der Waals surface area contributed by atoms with Crippen LogP contribution in [0.2, 0.25) is 0 Å². The summed E-state index contributed by atoms with van der Waals surface area (Å²) in [6, 6.07) is 22.6. The van der Waals surface area contributed by atoms with Crippen LogP contribution in [0.1, 0.15) is 32.7 Å². The SMILES string of the molecule is O=C(Nc1ccc2c(c1)CCCN2C(=O)c1ccccc1)c1ccc(I)cc1. The smallest absolute Gasteiger partial charge is 0.258 e. The highest BCUT2D eigenvalue weighted by atomic mass is 127. The minimum Gasteiger partial charge on any atom is -0.322 e. The van der Waals surface area contributed by atoms with Gasteiger partial charge in [0, 0.05) is 32.6 Å². The maximum absolute atomic E-state index is 12.9. The molecule has 140 valence electrons. The van der Waals surface area contributed by atoms with E-state index < -0.39 is 0 Å². The van der Waals surface area contributed by atoms with E-state index in [1.54, 1.807) is 0 Å². The van der Waals surface area contributed by atoms with Gasteiger partial charge >= 0.3 is 0 Å². The van der Waals surface area contributed by atoms with Gasteiger partial charge in [-0.3, -0.25) is 9.59 Å². The van der Waals surface area contributed by atoms with E-state index >= 15 is 0 Å². The lowest BCUT2D eigenvalue weighted by molar-refractivity contribution is 0.0983. The zero-order valence-electron chi connectivity index (χ0n) is 15.2. The van der Waals surface area contributed by atoms with Crippen LogP contribution in [-0.4, -0.2) is 18.4 Å². The number of rotatable bonds is 3. The van der Waals surface area contributed by atoms with Crippen molar-refractivity contribution in [1.82, 2.24) is 0 Å². The van der Waals surface area contributed by atoms with Crippen LogP contribution >= 0.6 is 22.6 Å². The Hall–Kier alpha value is -2.67. The molecule has 0 aromatic heterocycles. The number of benzene rings is 3. The summed E-state index contributed by atoms with van der Waals surface area (Å²) >= 11 is 2.21. The van der Waals surface area contributed by atoms with E-state index in [1.807, 2.05) is 77.7 Å². The fourth-order valence-electron chi connectivity index (χ4n) is 3.43. The van der Waals surface area contributed by atoms with Crippen LogP contribution in [0.25, 0.3) is 0 Å². The summed E-state index contributed by atoms with van der Waals surface area (Å²) in [7, 11) is 0. The normalized spacial score (nSPS) is 13.0. The standard InChI is InChI=1S/C23H19IN2O2/c24-19-10-8-16(9-11-19)22(27)25-20-12-13-21-18(15-20)7-4-14-26(21)23(28)17-5-2-1-3-6-17/h1-3,5-6,8-13,15H,4,7,14H2,(H,25,27). The molecular formula is C23H19IN2O2. The highest BCUT2D eigenvalue weighted by Gasteiger charge is 2.23. The minimum absolute atomic E-state index is 0.0113. The fraction of sp³-hybridized carbons (Fsp3) is 0.130. The molecule has 0 saturated heterocycles. The van der Waals surface area contributed by atoms with Crippen molar-refractivity contribution in [3.63, 3.8) is 0 Å². The number of anilines is 2. The first-order chi connectivity index (χ1) is 13.6. The Morgan fingerprint density at radius 1 is 0.893 bits per heavy atom. The number of nitrogens with zero attached hydrogens (tertiary/aromatic N) is 1. The molecule has 2 amide bonds. The molecule has 0 fully saturated rings. The summed E-state index contributed by atoms with van der Waals surface area (Å²) in [4.78, 5) is 27.2. The molecule has 0 atom stereocenters. The Morgan fingerprint density at radius 3 is 2.39 bits per heavy atom. The van der Waals surface area contributed by atoms with Gasteiger partial charge in [-0.1, -0.05) is 18.2 Å². The van der Waals surface area contributed by atoms with Gasteiger partial charge in [0.05, 0.1) is 0 Å². The number of aryl methyl sites for hydroxylation is 1. The van der Waals surface area contributed by atoms with Gasteiger partial charge in [0.15, 0.2) is 0 Å². The van der Waals surface area contributed by atoms with E-state index in [2.05, 4.69) is 27.9 Å². The predicted octanol–water partition coefficient (Wildman–Crippen LogP) is 5.14. The Bertz CT molecular complexity index is 1020. The molecule has 0 spiro atoms. The number of nitrogens with one attached hydrogen (secondary N) is 1. The molecule has 1 N–H and O–H groups in total. The Balaban J connectivity index is 1.55. The number of fused-ring (bicyclic) bond motifs is 1. The third-order valence-corrected chi connectivity index (χ3v) is 5.55. The van der Waals surface area contributed by atoms with Crippen molar-refractivity contribution < 1.29 is 9.59 Å². The molecule has 0 bridgehead atoms. The first-order valence-corrected chi connectivity index (χ1v) is 10.3. The summed E-state index contributed by atoms with van der Waals surface area (Å²) in [5.74, 6) is -0.124. The van der Waals surface area contributed by atoms with Crippen LogP contribution in [0.5, 0.6) is 0 Å². The fourth-order valence-corrected chi connectivity index (χ4v) is 3.79. The third-order valence-electron chi connectivity index (χ3n) is 4.83. The number of carbonyl (C=O) groups excluding carboxylic acids is 2. The molecule has 4 rings (SSSR count). The van der Waals surface area contributed by atoms with Crippen LogP contribution in [0.4, 0.5) is 11.4 Å². The van der Waals surface area contributed by atoms with Crippen molar-refractivity contribution in [3.05, 3.63) is 93.1 Å². The molecule has 1 aliphatic rings. The van der Waals surface area contributed by atoms with Crippen LogP contribution in [0, 0.1) is 3.57 Å². The maximum atomic E-state index is 12.9. The zero-order chi connectivity index (χ0) is 19.5. The van der Waals surface area contributed by atoms with Gasteiger partial charge in [-0.25, -0.2) is 0 Å². The highest BCUT2D eigenvalue weighted by molar-refractivity contribution is 14.1. The lowest BCUT2D eigenvalue weighted by Gasteiger charge is -2.30. The van der Waals surface area contributed by atoms with Crippen molar-refractivity contribution >= 4 is 45.8 Å². The first kappa shape index (κ1) is 18.7. The molecule has 1 aliphatic heterocycles. The van der Waals surface area contributed by atoms with Crippen molar-refractivity contribution in [3.8, 4) is 0 Å². The number of hydrogen-bond donors (Lipinski definition) is 1. The number of halogens is 1. The molecule has 28 heavy (non-hydrogen) atoms. The quantitative estimate of drug-likeness (QED) is 0.526.